The first-order valence-electron chi connectivity index (χ1n) is 11.2. The van der Waals surface area contributed by atoms with Gasteiger partial charge in [0.2, 0.25) is 17.4 Å². The quantitative estimate of drug-likeness (QED) is 0.568. The minimum Gasteiger partial charge on any atom is -0.360 e. The normalized spacial score (nSPS) is 32.6. The number of carbonyl (C=O) groups is 2. The molecule has 4 heterocycles. The lowest BCUT2D eigenvalue weighted by Gasteiger charge is -2.32. The number of ether oxygens (including phenoxy) is 1. The summed E-state index contributed by atoms with van der Waals surface area (Å²) in [5.41, 5.74) is -0.671. The summed E-state index contributed by atoms with van der Waals surface area (Å²) in [6.07, 6.45) is 11.8. The molecule has 7 heteroatoms. The van der Waals surface area contributed by atoms with E-state index >= 15 is 0 Å². The van der Waals surface area contributed by atoms with Gasteiger partial charge >= 0.3 is 0 Å². The van der Waals surface area contributed by atoms with Gasteiger partial charge in [0, 0.05) is 31.4 Å². The molecule has 2 saturated heterocycles. The van der Waals surface area contributed by atoms with Crippen molar-refractivity contribution in [2.24, 2.45) is 11.8 Å². The van der Waals surface area contributed by atoms with Gasteiger partial charge in [0.05, 0.1) is 24.5 Å². The van der Waals surface area contributed by atoms with Gasteiger partial charge in [0.25, 0.3) is 0 Å². The number of nitrogens with zero attached hydrogens (tertiary/aromatic N) is 2. The van der Waals surface area contributed by atoms with Crippen LogP contribution in [0.25, 0.3) is 0 Å². The number of amides is 2. The molecule has 160 valence electrons. The Morgan fingerprint density at radius 3 is 2.83 bits per heavy atom. The molecule has 1 aromatic rings. The second-order valence-corrected chi connectivity index (χ2v) is 9.03. The zero-order valence-electron chi connectivity index (χ0n) is 17.2. The highest BCUT2D eigenvalue weighted by Gasteiger charge is 2.67. The van der Waals surface area contributed by atoms with Crippen LogP contribution < -0.4 is 10.9 Å². The Balaban J connectivity index is 1.22. The van der Waals surface area contributed by atoms with Gasteiger partial charge in [-0.3, -0.25) is 14.4 Å². The first-order chi connectivity index (χ1) is 14.6. The molecule has 1 aromatic heterocycles. The molecule has 1 saturated carbocycles. The van der Waals surface area contributed by atoms with Crippen LogP contribution in [0.3, 0.4) is 0 Å². The maximum absolute atomic E-state index is 13.3. The summed E-state index contributed by atoms with van der Waals surface area (Å²) in [7, 11) is 0. The van der Waals surface area contributed by atoms with E-state index in [1.165, 1.54) is 25.3 Å². The summed E-state index contributed by atoms with van der Waals surface area (Å²) in [6.45, 7) is 1.59. The molecular formula is C23H29N3O4. The number of rotatable bonds is 6. The number of pyridine rings is 1. The molecule has 30 heavy (non-hydrogen) atoms. The summed E-state index contributed by atoms with van der Waals surface area (Å²) in [6, 6.07) is 5.35. The fourth-order valence-corrected chi connectivity index (χ4v) is 5.75. The standard InChI is InChI=1S/C23H29N3O4/c27-18-9-4-5-13-25(18)14-6-12-24-21(28)19-17-10-11-23(30-17)15-26(22(29)20(19)23)16-7-2-1-3-8-16/h4-5,9-11,13,16-17,19-20H,1-3,6-8,12,14-15H2,(H,24,28)/t17-,19+,20-,23-/m1/s1. The molecular weight excluding hydrogens is 382 g/mol. The average Bonchev–Trinajstić information content (AvgIpc) is 3.41. The van der Waals surface area contributed by atoms with Crippen LogP contribution in [0.2, 0.25) is 0 Å². The van der Waals surface area contributed by atoms with E-state index in [1.807, 2.05) is 23.1 Å². The Kier molecular flexibility index (Phi) is 5.01. The van der Waals surface area contributed by atoms with Gasteiger partial charge in [0.15, 0.2) is 0 Å². The minimum atomic E-state index is -0.626. The fourth-order valence-electron chi connectivity index (χ4n) is 5.75. The number of carbonyl (C=O) groups excluding carboxylic acids is 2. The van der Waals surface area contributed by atoms with Crippen molar-refractivity contribution < 1.29 is 14.3 Å². The van der Waals surface area contributed by atoms with Gasteiger partial charge in [0.1, 0.15) is 5.60 Å². The maximum Gasteiger partial charge on any atom is 0.250 e. The zero-order valence-corrected chi connectivity index (χ0v) is 17.2. The molecule has 5 rings (SSSR count). The van der Waals surface area contributed by atoms with E-state index in [4.69, 9.17) is 4.74 Å². The number of fused-ring (bicyclic) bond motifs is 1. The number of aryl methyl sites for hydroxylation is 1. The Labute approximate surface area is 176 Å². The lowest BCUT2D eigenvalue weighted by molar-refractivity contribution is -0.139. The van der Waals surface area contributed by atoms with Crippen molar-refractivity contribution in [3.63, 3.8) is 0 Å². The summed E-state index contributed by atoms with van der Waals surface area (Å²) in [4.78, 5) is 40.1. The summed E-state index contributed by atoms with van der Waals surface area (Å²) >= 11 is 0. The third-order valence-corrected chi connectivity index (χ3v) is 7.22. The molecule has 1 aliphatic carbocycles. The molecule has 1 N–H and O–H groups in total. The lowest BCUT2D eigenvalue weighted by Crippen LogP contribution is -2.45. The molecule has 0 radical (unpaired) electrons. The highest BCUT2D eigenvalue weighted by Crippen LogP contribution is 2.52. The predicted octanol–water partition coefficient (Wildman–Crippen LogP) is 1.47. The number of likely N-dealkylation sites (tertiary alicyclic amines) is 1. The molecule has 4 aliphatic rings. The van der Waals surface area contributed by atoms with Crippen molar-refractivity contribution >= 4 is 11.8 Å². The zero-order chi connectivity index (χ0) is 20.7. The summed E-state index contributed by atoms with van der Waals surface area (Å²) < 4.78 is 7.85. The number of nitrogens with one attached hydrogen (secondary N) is 1. The van der Waals surface area contributed by atoms with Crippen LogP contribution >= 0.6 is 0 Å². The average molecular weight is 412 g/mol. The van der Waals surface area contributed by atoms with E-state index in [0.717, 1.165) is 12.8 Å². The van der Waals surface area contributed by atoms with Crippen LogP contribution in [0.1, 0.15) is 38.5 Å². The maximum atomic E-state index is 13.3. The van der Waals surface area contributed by atoms with E-state index in [2.05, 4.69) is 5.32 Å². The molecule has 2 bridgehead atoms. The molecule has 0 unspecified atom stereocenters. The van der Waals surface area contributed by atoms with Crippen molar-refractivity contribution in [1.29, 1.82) is 0 Å². The third kappa shape index (κ3) is 3.20. The first-order valence-corrected chi connectivity index (χ1v) is 11.2. The number of hydrogen-bond donors (Lipinski definition) is 1. The Morgan fingerprint density at radius 1 is 1.20 bits per heavy atom. The van der Waals surface area contributed by atoms with Gasteiger partial charge in [-0.25, -0.2) is 0 Å². The monoisotopic (exact) mass is 411 g/mol. The summed E-state index contributed by atoms with van der Waals surface area (Å²) in [5, 5.41) is 2.98. The van der Waals surface area contributed by atoms with Gasteiger partial charge in [-0.05, 0) is 25.3 Å². The number of hydrogen-bond acceptors (Lipinski definition) is 4. The van der Waals surface area contributed by atoms with E-state index in [-0.39, 0.29) is 29.5 Å². The van der Waals surface area contributed by atoms with Crippen LogP contribution in [0.4, 0.5) is 0 Å². The SMILES string of the molecule is O=C(NCCCn1ccccc1=O)[C@H]1[C@H]2C=C[C@]3(CN(C4CCCCC4)C(=O)[C@@H]13)O2. The molecule has 2 amide bonds. The van der Waals surface area contributed by atoms with Crippen LogP contribution in [-0.4, -0.2) is 52.1 Å². The van der Waals surface area contributed by atoms with Crippen molar-refractivity contribution in [1.82, 2.24) is 14.8 Å². The molecule has 3 aliphatic heterocycles. The molecule has 3 fully saturated rings. The third-order valence-electron chi connectivity index (χ3n) is 7.22. The second-order valence-electron chi connectivity index (χ2n) is 9.03. The first kappa shape index (κ1) is 19.5. The van der Waals surface area contributed by atoms with Crippen molar-refractivity contribution in [2.45, 2.75) is 62.8 Å². The fraction of sp³-hybridized carbons (Fsp3) is 0.609. The number of aromatic nitrogens is 1. The van der Waals surface area contributed by atoms with Crippen LogP contribution in [0, 0.1) is 11.8 Å². The van der Waals surface area contributed by atoms with E-state index in [9.17, 15) is 14.4 Å². The molecule has 4 atom stereocenters. The smallest absolute Gasteiger partial charge is 0.250 e. The van der Waals surface area contributed by atoms with Crippen molar-refractivity contribution in [3.05, 3.63) is 46.9 Å². The Hall–Kier alpha value is -2.41. The van der Waals surface area contributed by atoms with Crippen molar-refractivity contribution in [2.75, 3.05) is 13.1 Å². The van der Waals surface area contributed by atoms with Gasteiger partial charge in [-0.15, -0.1) is 0 Å². The lowest BCUT2D eigenvalue weighted by atomic mass is 9.77. The Morgan fingerprint density at radius 2 is 2.03 bits per heavy atom. The van der Waals surface area contributed by atoms with E-state index in [0.29, 0.717) is 26.1 Å². The van der Waals surface area contributed by atoms with Gasteiger partial charge < -0.3 is 19.5 Å². The van der Waals surface area contributed by atoms with E-state index in [1.54, 1.807) is 16.8 Å². The highest BCUT2D eigenvalue weighted by molar-refractivity contribution is 5.93. The van der Waals surface area contributed by atoms with Crippen LogP contribution in [-0.2, 0) is 20.9 Å². The molecule has 7 nitrogen and oxygen atoms in total. The largest absolute Gasteiger partial charge is 0.360 e. The molecule has 0 aromatic carbocycles. The van der Waals surface area contributed by atoms with E-state index < -0.39 is 17.4 Å². The minimum absolute atomic E-state index is 0.0447. The van der Waals surface area contributed by atoms with Gasteiger partial charge in [-0.2, -0.15) is 0 Å². The highest BCUT2D eigenvalue weighted by atomic mass is 16.5. The summed E-state index contributed by atoms with van der Waals surface area (Å²) in [5.74, 6) is -0.901. The topological polar surface area (TPSA) is 80.6 Å². The predicted molar refractivity (Wildman–Crippen MR) is 111 cm³/mol. The van der Waals surface area contributed by atoms with Gasteiger partial charge in [-0.1, -0.05) is 37.5 Å². The Bertz CT molecular complexity index is 919. The molecule has 1 spiro atoms. The second kappa shape index (κ2) is 7.69. The van der Waals surface area contributed by atoms with Crippen molar-refractivity contribution in [3.8, 4) is 0 Å². The van der Waals surface area contributed by atoms with Crippen LogP contribution in [0.5, 0.6) is 0 Å². The van der Waals surface area contributed by atoms with Crippen LogP contribution in [0.15, 0.2) is 41.3 Å².